The summed E-state index contributed by atoms with van der Waals surface area (Å²) in [7, 11) is -3.71. The minimum Gasteiger partial charge on any atom is -0.465 e. The number of nitrogens with zero attached hydrogens (tertiary/aromatic N) is 1. The first-order valence-corrected chi connectivity index (χ1v) is 7.59. The Bertz CT molecular complexity index is 598. The summed E-state index contributed by atoms with van der Waals surface area (Å²) in [5.74, 6) is -1.38. The number of rotatable bonds is 4. The number of hydrogen-bond acceptors (Lipinski definition) is 5. The molecule has 0 bridgehead atoms. The number of carbonyl (C=O) groups is 1. The molecule has 1 aromatic carbocycles. The highest BCUT2D eigenvalue weighted by molar-refractivity contribution is 7.93. The predicted octanol–water partition coefficient (Wildman–Crippen LogP) is 0.524. The van der Waals surface area contributed by atoms with E-state index >= 15 is 0 Å². The fraction of sp³-hybridized carbons (Fsp3) is 0.417. The molecule has 0 radical (unpaired) electrons. The van der Waals surface area contributed by atoms with E-state index in [4.69, 9.17) is 5.73 Å². The molecule has 1 aliphatic rings. The minimum absolute atomic E-state index is 0.165. The Morgan fingerprint density at radius 1 is 1.47 bits per heavy atom. The lowest BCUT2D eigenvalue weighted by atomic mass is 10.1. The molecular formula is C12H16N2O4S. The fourth-order valence-corrected chi connectivity index (χ4v) is 3.46. The monoisotopic (exact) mass is 284 g/mol. The molecule has 19 heavy (non-hydrogen) atoms. The third-order valence-corrected chi connectivity index (χ3v) is 4.55. The average molecular weight is 284 g/mol. The van der Waals surface area contributed by atoms with Gasteiger partial charge in [-0.1, -0.05) is 6.07 Å². The fourth-order valence-electron chi connectivity index (χ4n) is 2.09. The molecule has 0 aromatic heterocycles. The largest absolute Gasteiger partial charge is 0.465 e. The molecule has 0 saturated heterocycles. The Morgan fingerprint density at radius 2 is 2.21 bits per heavy atom. The summed E-state index contributed by atoms with van der Waals surface area (Å²) in [5.41, 5.74) is 7.65. The Labute approximate surface area is 112 Å². The van der Waals surface area contributed by atoms with Gasteiger partial charge >= 0.3 is 5.97 Å². The van der Waals surface area contributed by atoms with Gasteiger partial charge in [-0.3, -0.25) is 9.10 Å². The molecule has 1 aromatic rings. The molecule has 0 aliphatic carbocycles. The Morgan fingerprint density at radius 3 is 2.89 bits per heavy atom. The number of fused-ring (bicyclic) bond motifs is 1. The molecule has 0 saturated carbocycles. The van der Waals surface area contributed by atoms with Gasteiger partial charge in [0, 0.05) is 12.2 Å². The van der Waals surface area contributed by atoms with Crippen molar-refractivity contribution >= 4 is 27.4 Å². The summed E-state index contributed by atoms with van der Waals surface area (Å²) in [6.45, 7) is 2.13. The van der Waals surface area contributed by atoms with E-state index in [1.54, 1.807) is 19.1 Å². The van der Waals surface area contributed by atoms with E-state index in [1.165, 1.54) is 4.31 Å². The van der Waals surface area contributed by atoms with Crippen LogP contribution in [-0.4, -0.2) is 33.3 Å². The Balaban J connectivity index is 2.25. The van der Waals surface area contributed by atoms with Gasteiger partial charge in [-0.05, 0) is 31.0 Å². The summed E-state index contributed by atoms with van der Waals surface area (Å²) >= 11 is 0. The number of nitrogens with two attached hydrogens (primary N) is 1. The first kappa shape index (κ1) is 13.7. The van der Waals surface area contributed by atoms with Gasteiger partial charge in [0.15, 0.2) is 5.75 Å². The second-order valence-corrected chi connectivity index (χ2v) is 6.16. The second-order valence-electron chi connectivity index (χ2n) is 4.27. The van der Waals surface area contributed by atoms with Crippen molar-refractivity contribution in [1.82, 2.24) is 0 Å². The lowest BCUT2D eigenvalue weighted by Crippen LogP contribution is -2.34. The third-order valence-electron chi connectivity index (χ3n) is 2.90. The van der Waals surface area contributed by atoms with Crippen molar-refractivity contribution in [2.24, 2.45) is 0 Å². The Hall–Kier alpha value is -1.76. The van der Waals surface area contributed by atoms with Crippen molar-refractivity contribution in [2.75, 3.05) is 28.9 Å². The smallest absolute Gasteiger partial charge is 0.323 e. The maximum absolute atomic E-state index is 12.2. The van der Waals surface area contributed by atoms with Crippen molar-refractivity contribution in [3.05, 3.63) is 23.8 Å². The molecule has 7 heteroatoms. The van der Waals surface area contributed by atoms with Crippen LogP contribution in [0.4, 0.5) is 11.4 Å². The first-order valence-electron chi connectivity index (χ1n) is 5.98. The molecule has 0 fully saturated rings. The number of ether oxygens (including phenoxy) is 1. The normalized spacial score (nSPS) is 14.3. The van der Waals surface area contributed by atoms with E-state index in [0.29, 0.717) is 24.3 Å². The van der Waals surface area contributed by atoms with Crippen molar-refractivity contribution < 1.29 is 17.9 Å². The predicted molar refractivity (Wildman–Crippen MR) is 72.3 cm³/mol. The van der Waals surface area contributed by atoms with E-state index in [9.17, 15) is 13.2 Å². The number of esters is 1. The molecule has 0 spiro atoms. The number of anilines is 2. The zero-order chi connectivity index (χ0) is 14.0. The summed E-state index contributed by atoms with van der Waals surface area (Å²) in [6, 6.07) is 5.16. The van der Waals surface area contributed by atoms with Gasteiger partial charge in [0.1, 0.15) is 0 Å². The molecule has 6 nitrogen and oxygen atoms in total. The van der Waals surface area contributed by atoms with E-state index in [1.807, 2.05) is 6.07 Å². The molecule has 0 unspecified atom stereocenters. The van der Waals surface area contributed by atoms with E-state index < -0.39 is 21.7 Å². The van der Waals surface area contributed by atoms with E-state index in [-0.39, 0.29) is 6.61 Å². The Kier molecular flexibility index (Phi) is 3.66. The maximum Gasteiger partial charge on any atom is 0.323 e. The molecule has 2 N–H and O–H groups in total. The van der Waals surface area contributed by atoms with Crippen LogP contribution in [0.15, 0.2) is 18.2 Å². The third kappa shape index (κ3) is 2.81. The van der Waals surface area contributed by atoms with Crippen LogP contribution in [0.5, 0.6) is 0 Å². The quantitative estimate of drug-likeness (QED) is 0.643. The summed E-state index contributed by atoms with van der Waals surface area (Å²) in [6.07, 6.45) is 0.623. The van der Waals surface area contributed by atoms with Crippen LogP contribution >= 0.6 is 0 Å². The van der Waals surface area contributed by atoms with Crippen LogP contribution in [0, 0.1) is 0 Å². The van der Waals surface area contributed by atoms with Gasteiger partial charge in [0.2, 0.25) is 10.0 Å². The van der Waals surface area contributed by atoms with Crippen LogP contribution in [-0.2, 0) is 26.0 Å². The van der Waals surface area contributed by atoms with Crippen LogP contribution in [0.1, 0.15) is 12.5 Å². The SMILES string of the molecule is CCOC(=O)CS(=O)(=O)N1CCc2ccc(N)cc21. The average Bonchev–Trinajstić information content (AvgIpc) is 2.71. The second kappa shape index (κ2) is 5.08. The van der Waals surface area contributed by atoms with Crippen LogP contribution < -0.4 is 10.0 Å². The maximum atomic E-state index is 12.2. The van der Waals surface area contributed by atoms with Crippen LogP contribution in [0.25, 0.3) is 0 Å². The van der Waals surface area contributed by atoms with Gasteiger partial charge in [0.25, 0.3) is 0 Å². The molecule has 1 heterocycles. The molecule has 0 atom stereocenters. The lowest BCUT2D eigenvalue weighted by Gasteiger charge is -2.19. The van der Waals surface area contributed by atoms with Gasteiger partial charge in [-0.15, -0.1) is 0 Å². The van der Waals surface area contributed by atoms with Gasteiger partial charge in [-0.2, -0.15) is 0 Å². The zero-order valence-corrected chi connectivity index (χ0v) is 11.4. The van der Waals surface area contributed by atoms with E-state index in [2.05, 4.69) is 4.74 Å². The lowest BCUT2D eigenvalue weighted by molar-refractivity contribution is -0.139. The number of benzene rings is 1. The van der Waals surface area contributed by atoms with Crippen molar-refractivity contribution in [2.45, 2.75) is 13.3 Å². The number of sulfonamides is 1. The standard InChI is InChI=1S/C12H16N2O4S/c1-2-18-12(15)8-19(16,17)14-6-5-9-3-4-10(13)7-11(9)14/h3-4,7H,2,5-6,8,13H2,1H3. The van der Waals surface area contributed by atoms with Crippen molar-refractivity contribution in [1.29, 1.82) is 0 Å². The highest BCUT2D eigenvalue weighted by atomic mass is 32.2. The van der Waals surface area contributed by atoms with Crippen LogP contribution in [0.3, 0.4) is 0 Å². The summed E-state index contributed by atoms with van der Waals surface area (Å²) in [5, 5.41) is 0. The molecule has 104 valence electrons. The summed E-state index contributed by atoms with van der Waals surface area (Å²) in [4.78, 5) is 11.3. The highest BCUT2D eigenvalue weighted by Crippen LogP contribution is 2.32. The minimum atomic E-state index is -3.71. The van der Waals surface area contributed by atoms with Crippen molar-refractivity contribution in [3.63, 3.8) is 0 Å². The molecular weight excluding hydrogens is 268 g/mol. The van der Waals surface area contributed by atoms with Gasteiger partial charge in [0.05, 0.1) is 12.3 Å². The number of hydrogen-bond donors (Lipinski definition) is 1. The van der Waals surface area contributed by atoms with Gasteiger partial charge in [-0.25, -0.2) is 8.42 Å². The first-order chi connectivity index (χ1) is 8.94. The number of carbonyl (C=O) groups excluding carboxylic acids is 1. The summed E-state index contributed by atoms with van der Waals surface area (Å²) < 4.78 is 30.3. The highest BCUT2D eigenvalue weighted by Gasteiger charge is 2.31. The molecule has 2 rings (SSSR count). The molecule has 1 aliphatic heterocycles. The topological polar surface area (TPSA) is 89.7 Å². The molecule has 0 amide bonds. The van der Waals surface area contributed by atoms with Crippen LogP contribution in [0.2, 0.25) is 0 Å². The van der Waals surface area contributed by atoms with Crippen molar-refractivity contribution in [3.8, 4) is 0 Å². The van der Waals surface area contributed by atoms with E-state index in [0.717, 1.165) is 5.56 Å². The van der Waals surface area contributed by atoms with Gasteiger partial charge < -0.3 is 10.5 Å². The number of nitrogen functional groups attached to an aromatic ring is 1. The zero-order valence-electron chi connectivity index (χ0n) is 10.6.